The van der Waals surface area contributed by atoms with Crippen LogP contribution in [0.5, 0.6) is 0 Å². The zero-order valence-electron chi connectivity index (χ0n) is 13.2. The van der Waals surface area contributed by atoms with Gasteiger partial charge in [0.15, 0.2) is 0 Å². The lowest BCUT2D eigenvalue weighted by Crippen LogP contribution is -2.42. The Morgan fingerprint density at radius 2 is 2.09 bits per heavy atom. The maximum absolute atomic E-state index is 11.9. The monoisotopic (exact) mass is 316 g/mol. The van der Waals surface area contributed by atoms with Crippen molar-refractivity contribution in [2.45, 2.75) is 26.3 Å². The highest BCUT2D eigenvalue weighted by atomic mass is 16.5. The van der Waals surface area contributed by atoms with Crippen molar-refractivity contribution >= 4 is 17.8 Å². The average Bonchev–Trinajstić information content (AvgIpc) is 2.52. The van der Waals surface area contributed by atoms with Gasteiger partial charge in [0.25, 0.3) is 5.91 Å². The topological polar surface area (TPSA) is 84.5 Å². The molecule has 1 aromatic rings. The first kappa shape index (κ1) is 18.2. The zero-order valence-corrected chi connectivity index (χ0v) is 13.2. The highest BCUT2D eigenvalue weighted by molar-refractivity contribution is 5.96. The normalized spacial score (nSPS) is 11.0. The molecule has 0 bridgehead atoms. The second kappa shape index (κ2) is 9.26. The van der Waals surface area contributed by atoms with Crippen molar-refractivity contribution in [3.05, 3.63) is 35.4 Å². The standard InChI is InChI=1S/C17H20N2O4/c1-4-14(10-16(21)23-5-2)19-15(20)11-18-17(22)13-8-6-7-12(3)9-13/h1,6-9,14H,5,10-11H2,2-3H3,(H,18,22)(H,19,20). The van der Waals surface area contributed by atoms with Crippen LogP contribution in [-0.4, -0.2) is 37.0 Å². The largest absolute Gasteiger partial charge is 0.466 e. The van der Waals surface area contributed by atoms with E-state index >= 15 is 0 Å². The van der Waals surface area contributed by atoms with Gasteiger partial charge in [0.1, 0.15) is 6.04 Å². The van der Waals surface area contributed by atoms with E-state index in [1.165, 1.54) is 0 Å². The Morgan fingerprint density at radius 1 is 1.35 bits per heavy atom. The first-order chi connectivity index (χ1) is 11.0. The SMILES string of the molecule is C#CC(CC(=O)OCC)NC(=O)CNC(=O)c1cccc(C)c1. The Morgan fingerprint density at radius 3 is 2.70 bits per heavy atom. The van der Waals surface area contributed by atoms with E-state index in [1.54, 1.807) is 25.1 Å². The Balaban J connectivity index is 2.45. The van der Waals surface area contributed by atoms with Crippen LogP contribution in [0, 0.1) is 19.3 Å². The molecule has 0 heterocycles. The van der Waals surface area contributed by atoms with Gasteiger partial charge in [-0.15, -0.1) is 6.42 Å². The number of benzene rings is 1. The fourth-order valence-corrected chi connectivity index (χ4v) is 1.83. The molecule has 122 valence electrons. The van der Waals surface area contributed by atoms with Gasteiger partial charge >= 0.3 is 5.97 Å². The predicted octanol–water partition coefficient (Wildman–Crippen LogP) is 0.796. The molecule has 0 aliphatic rings. The summed E-state index contributed by atoms with van der Waals surface area (Å²) in [5, 5.41) is 4.98. The number of amides is 2. The van der Waals surface area contributed by atoms with Crippen LogP contribution in [0.1, 0.15) is 29.3 Å². The average molecular weight is 316 g/mol. The third-order valence-corrected chi connectivity index (χ3v) is 2.90. The van der Waals surface area contributed by atoms with Gasteiger partial charge in [-0.3, -0.25) is 14.4 Å². The molecule has 0 aliphatic carbocycles. The summed E-state index contributed by atoms with van der Waals surface area (Å²) in [4.78, 5) is 35.0. The van der Waals surface area contributed by atoms with Crippen LogP contribution in [0.2, 0.25) is 0 Å². The minimum Gasteiger partial charge on any atom is -0.466 e. The van der Waals surface area contributed by atoms with Gasteiger partial charge in [0, 0.05) is 5.56 Å². The van der Waals surface area contributed by atoms with Crippen molar-refractivity contribution < 1.29 is 19.1 Å². The van der Waals surface area contributed by atoms with Crippen LogP contribution < -0.4 is 10.6 Å². The smallest absolute Gasteiger partial charge is 0.308 e. The van der Waals surface area contributed by atoms with Gasteiger partial charge in [-0.2, -0.15) is 0 Å². The van der Waals surface area contributed by atoms with Gasteiger partial charge in [-0.25, -0.2) is 0 Å². The van der Waals surface area contributed by atoms with E-state index < -0.39 is 17.9 Å². The number of ether oxygens (including phenoxy) is 1. The summed E-state index contributed by atoms with van der Waals surface area (Å²) in [5.74, 6) is 0.988. The first-order valence-corrected chi connectivity index (χ1v) is 7.22. The third kappa shape index (κ3) is 6.66. The Hall–Kier alpha value is -2.81. The van der Waals surface area contributed by atoms with Crippen molar-refractivity contribution in [1.82, 2.24) is 10.6 Å². The van der Waals surface area contributed by atoms with Gasteiger partial charge in [-0.05, 0) is 26.0 Å². The van der Waals surface area contributed by atoms with E-state index in [1.807, 2.05) is 13.0 Å². The van der Waals surface area contributed by atoms with Gasteiger partial charge in [0.05, 0.1) is 19.6 Å². The molecule has 6 nitrogen and oxygen atoms in total. The number of rotatable bonds is 7. The van der Waals surface area contributed by atoms with E-state index in [9.17, 15) is 14.4 Å². The molecule has 0 saturated heterocycles. The first-order valence-electron chi connectivity index (χ1n) is 7.22. The molecular weight excluding hydrogens is 296 g/mol. The summed E-state index contributed by atoms with van der Waals surface area (Å²) in [6, 6.07) is 6.25. The number of carbonyl (C=O) groups excluding carboxylic acids is 3. The molecule has 0 fully saturated rings. The summed E-state index contributed by atoms with van der Waals surface area (Å²) in [6.45, 7) is 3.57. The fourth-order valence-electron chi connectivity index (χ4n) is 1.83. The molecule has 2 amide bonds. The zero-order chi connectivity index (χ0) is 17.2. The van der Waals surface area contributed by atoms with Crippen LogP contribution in [-0.2, 0) is 14.3 Å². The van der Waals surface area contributed by atoms with Crippen molar-refractivity contribution in [3.63, 3.8) is 0 Å². The van der Waals surface area contributed by atoms with Crippen LogP contribution in [0.3, 0.4) is 0 Å². The van der Waals surface area contributed by atoms with Crippen LogP contribution in [0.15, 0.2) is 24.3 Å². The molecule has 0 spiro atoms. The Bertz CT molecular complexity index is 619. The second-order valence-electron chi connectivity index (χ2n) is 4.85. The van der Waals surface area contributed by atoms with Gasteiger partial charge < -0.3 is 15.4 Å². The molecule has 1 unspecified atom stereocenters. The molecule has 0 aromatic heterocycles. The summed E-state index contributed by atoms with van der Waals surface area (Å²) >= 11 is 0. The van der Waals surface area contributed by atoms with E-state index in [0.29, 0.717) is 5.56 Å². The quantitative estimate of drug-likeness (QED) is 0.575. The molecule has 0 aliphatic heterocycles. The van der Waals surface area contributed by atoms with Crippen molar-refractivity contribution in [2.24, 2.45) is 0 Å². The van der Waals surface area contributed by atoms with Crippen LogP contribution >= 0.6 is 0 Å². The third-order valence-electron chi connectivity index (χ3n) is 2.90. The van der Waals surface area contributed by atoms with Crippen molar-refractivity contribution in [1.29, 1.82) is 0 Å². The number of esters is 1. The lowest BCUT2D eigenvalue weighted by molar-refractivity contribution is -0.143. The van der Waals surface area contributed by atoms with Crippen LogP contribution in [0.25, 0.3) is 0 Å². The number of carbonyl (C=O) groups is 3. The molecule has 2 N–H and O–H groups in total. The van der Waals surface area contributed by atoms with Crippen LogP contribution in [0.4, 0.5) is 0 Å². The maximum Gasteiger partial charge on any atom is 0.308 e. The lowest BCUT2D eigenvalue weighted by atomic mass is 10.1. The molecule has 1 aromatic carbocycles. The number of hydrogen-bond donors (Lipinski definition) is 2. The minimum absolute atomic E-state index is 0.109. The Kier molecular flexibility index (Phi) is 7.34. The molecule has 6 heteroatoms. The van der Waals surface area contributed by atoms with Gasteiger partial charge in [0.2, 0.25) is 5.91 Å². The summed E-state index contributed by atoms with van der Waals surface area (Å²) in [5.41, 5.74) is 1.42. The van der Waals surface area contributed by atoms with Crippen molar-refractivity contribution in [2.75, 3.05) is 13.2 Å². The molecule has 0 saturated carbocycles. The summed E-state index contributed by atoms with van der Waals surface area (Å²) in [6.07, 6.45) is 5.16. The van der Waals surface area contributed by atoms with E-state index in [4.69, 9.17) is 11.2 Å². The lowest BCUT2D eigenvalue weighted by Gasteiger charge is -2.13. The van der Waals surface area contributed by atoms with E-state index in [0.717, 1.165) is 5.56 Å². The predicted molar refractivity (Wildman–Crippen MR) is 85.5 cm³/mol. The second-order valence-corrected chi connectivity index (χ2v) is 4.85. The molecule has 23 heavy (non-hydrogen) atoms. The number of aryl methyl sites for hydroxylation is 1. The fraction of sp³-hybridized carbons (Fsp3) is 0.353. The van der Waals surface area contributed by atoms with E-state index in [2.05, 4.69) is 16.6 Å². The maximum atomic E-state index is 11.9. The molecule has 1 rings (SSSR count). The number of terminal acetylenes is 1. The van der Waals surface area contributed by atoms with E-state index in [-0.39, 0.29) is 25.5 Å². The van der Waals surface area contributed by atoms with Gasteiger partial charge in [-0.1, -0.05) is 23.6 Å². The number of hydrogen-bond acceptors (Lipinski definition) is 4. The molecule has 1 atom stereocenters. The number of nitrogens with one attached hydrogen (secondary N) is 2. The molecular formula is C17H20N2O4. The Labute approximate surface area is 135 Å². The van der Waals surface area contributed by atoms with Crippen molar-refractivity contribution in [3.8, 4) is 12.3 Å². The minimum atomic E-state index is -0.766. The highest BCUT2D eigenvalue weighted by Crippen LogP contribution is 2.03. The summed E-state index contributed by atoms with van der Waals surface area (Å²) < 4.78 is 4.77. The highest BCUT2D eigenvalue weighted by Gasteiger charge is 2.15. The molecule has 0 radical (unpaired) electrons. The summed E-state index contributed by atoms with van der Waals surface area (Å²) in [7, 11) is 0.